The van der Waals surface area contributed by atoms with E-state index >= 15 is 0 Å². The van der Waals surface area contributed by atoms with Crippen molar-refractivity contribution in [2.24, 2.45) is 0 Å². The average Bonchev–Trinajstić information content (AvgIpc) is 2.46. The van der Waals surface area contributed by atoms with Gasteiger partial charge in [-0.25, -0.2) is 4.79 Å². The highest BCUT2D eigenvalue weighted by Gasteiger charge is 2.05. The van der Waals surface area contributed by atoms with Gasteiger partial charge in [0.05, 0.1) is 11.7 Å². The van der Waals surface area contributed by atoms with Gasteiger partial charge in [0.15, 0.2) is 0 Å². The summed E-state index contributed by atoms with van der Waals surface area (Å²) in [4.78, 5) is 10.8. The molecule has 0 aliphatic carbocycles. The molecule has 3 nitrogen and oxygen atoms in total. The van der Waals surface area contributed by atoms with Crippen molar-refractivity contribution in [3.8, 4) is 11.1 Å². The molecule has 0 saturated heterocycles. The second-order valence-corrected chi connectivity index (χ2v) is 4.38. The van der Waals surface area contributed by atoms with Crippen LogP contribution in [0.15, 0.2) is 48.5 Å². The van der Waals surface area contributed by atoms with Crippen molar-refractivity contribution in [3.63, 3.8) is 0 Å². The number of carboxylic acids is 1. The van der Waals surface area contributed by atoms with Crippen LogP contribution in [0.25, 0.3) is 11.1 Å². The van der Waals surface area contributed by atoms with Crippen LogP contribution in [-0.4, -0.2) is 18.2 Å². The van der Waals surface area contributed by atoms with E-state index < -0.39 is 5.97 Å². The molecule has 0 spiro atoms. The Hall–Kier alpha value is -2.13. The van der Waals surface area contributed by atoms with Crippen molar-refractivity contribution in [1.82, 2.24) is 0 Å². The summed E-state index contributed by atoms with van der Waals surface area (Å²) >= 11 is 0. The van der Waals surface area contributed by atoms with Crippen LogP contribution >= 0.6 is 0 Å². The van der Waals surface area contributed by atoms with E-state index in [1.165, 1.54) is 0 Å². The molecule has 2 aromatic rings. The Kier molecular flexibility index (Phi) is 3.97. The Morgan fingerprint density at radius 2 is 1.47 bits per heavy atom. The second kappa shape index (κ2) is 5.67. The summed E-state index contributed by atoms with van der Waals surface area (Å²) in [5.74, 6) is -0.907. The van der Waals surface area contributed by atoms with Crippen LogP contribution in [0.3, 0.4) is 0 Å². The normalized spacial score (nSPS) is 12.1. The topological polar surface area (TPSA) is 46.5 Å². The maximum Gasteiger partial charge on any atom is 0.335 e. The average molecular weight is 256 g/mol. The fourth-order valence-electron chi connectivity index (χ4n) is 1.89. The van der Waals surface area contributed by atoms with E-state index in [1.54, 1.807) is 19.2 Å². The van der Waals surface area contributed by atoms with Gasteiger partial charge in [-0.05, 0) is 35.7 Å². The van der Waals surface area contributed by atoms with Gasteiger partial charge >= 0.3 is 5.97 Å². The Morgan fingerprint density at radius 1 is 1.00 bits per heavy atom. The number of hydrogen-bond acceptors (Lipinski definition) is 2. The number of ether oxygens (including phenoxy) is 1. The molecule has 0 aliphatic heterocycles. The standard InChI is InChI=1S/C16H16O3/c1-11(19-2)12-3-5-13(6-4-12)14-7-9-15(10-8-14)16(17)18/h3-11H,1-2H3,(H,17,18). The first-order valence-corrected chi connectivity index (χ1v) is 6.08. The van der Waals surface area contributed by atoms with Crippen LogP contribution in [0, 0.1) is 0 Å². The summed E-state index contributed by atoms with van der Waals surface area (Å²) in [6, 6.07) is 14.9. The van der Waals surface area contributed by atoms with Gasteiger partial charge in [0.25, 0.3) is 0 Å². The van der Waals surface area contributed by atoms with E-state index in [0.717, 1.165) is 16.7 Å². The lowest BCUT2D eigenvalue weighted by molar-refractivity contribution is 0.0697. The van der Waals surface area contributed by atoms with E-state index in [1.807, 2.05) is 43.3 Å². The highest BCUT2D eigenvalue weighted by molar-refractivity contribution is 5.88. The molecule has 2 rings (SSSR count). The summed E-state index contributed by atoms with van der Waals surface area (Å²) in [7, 11) is 1.68. The molecule has 0 amide bonds. The Morgan fingerprint density at radius 3 is 1.89 bits per heavy atom. The highest BCUT2D eigenvalue weighted by atomic mass is 16.5. The maximum absolute atomic E-state index is 10.8. The quantitative estimate of drug-likeness (QED) is 0.906. The summed E-state index contributed by atoms with van der Waals surface area (Å²) in [6.07, 6.45) is 0.0726. The van der Waals surface area contributed by atoms with Crippen LogP contribution in [0.5, 0.6) is 0 Å². The van der Waals surface area contributed by atoms with E-state index in [0.29, 0.717) is 5.56 Å². The van der Waals surface area contributed by atoms with Crippen LogP contribution in [0.2, 0.25) is 0 Å². The molecule has 3 heteroatoms. The van der Waals surface area contributed by atoms with Gasteiger partial charge in [-0.1, -0.05) is 36.4 Å². The highest BCUT2D eigenvalue weighted by Crippen LogP contribution is 2.23. The number of rotatable bonds is 4. The third-order valence-electron chi connectivity index (χ3n) is 3.20. The minimum atomic E-state index is -0.907. The lowest BCUT2D eigenvalue weighted by atomic mass is 10.0. The van der Waals surface area contributed by atoms with E-state index in [2.05, 4.69) is 0 Å². The molecular weight excluding hydrogens is 240 g/mol. The molecule has 0 aliphatic rings. The lowest BCUT2D eigenvalue weighted by Crippen LogP contribution is -1.96. The van der Waals surface area contributed by atoms with Crippen LogP contribution in [0.4, 0.5) is 0 Å². The fourth-order valence-corrected chi connectivity index (χ4v) is 1.89. The summed E-state index contributed by atoms with van der Waals surface area (Å²) in [6.45, 7) is 2.00. The molecular formula is C16H16O3. The largest absolute Gasteiger partial charge is 0.478 e. The summed E-state index contributed by atoms with van der Waals surface area (Å²) < 4.78 is 5.26. The van der Waals surface area contributed by atoms with Crippen molar-refractivity contribution in [2.45, 2.75) is 13.0 Å². The third-order valence-corrected chi connectivity index (χ3v) is 3.20. The van der Waals surface area contributed by atoms with Gasteiger partial charge in [0.2, 0.25) is 0 Å². The smallest absolute Gasteiger partial charge is 0.335 e. The van der Waals surface area contributed by atoms with Crippen molar-refractivity contribution in [2.75, 3.05) is 7.11 Å². The molecule has 0 fully saturated rings. The van der Waals surface area contributed by atoms with Crippen LogP contribution in [0.1, 0.15) is 28.9 Å². The molecule has 19 heavy (non-hydrogen) atoms. The number of aromatic carboxylic acids is 1. The SMILES string of the molecule is COC(C)c1ccc(-c2ccc(C(=O)O)cc2)cc1. The zero-order valence-corrected chi connectivity index (χ0v) is 11.0. The molecule has 0 radical (unpaired) electrons. The van der Waals surface area contributed by atoms with Gasteiger partial charge in [0, 0.05) is 7.11 Å². The minimum absolute atomic E-state index is 0.0726. The van der Waals surface area contributed by atoms with Gasteiger partial charge in [-0.2, -0.15) is 0 Å². The Bertz CT molecular complexity index is 556. The number of methoxy groups -OCH3 is 1. The second-order valence-electron chi connectivity index (χ2n) is 4.38. The summed E-state index contributed by atoms with van der Waals surface area (Å²) in [5.41, 5.74) is 3.48. The van der Waals surface area contributed by atoms with E-state index in [9.17, 15) is 4.79 Å². The molecule has 0 heterocycles. The van der Waals surface area contributed by atoms with Gasteiger partial charge in [-0.3, -0.25) is 0 Å². The first-order chi connectivity index (χ1) is 9.11. The van der Waals surface area contributed by atoms with Crippen LogP contribution < -0.4 is 0 Å². The Balaban J connectivity index is 2.24. The molecule has 1 unspecified atom stereocenters. The molecule has 1 N–H and O–H groups in total. The molecule has 0 aromatic heterocycles. The van der Waals surface area contributed by atoms with Crippen molar-refractivity contribution < 1.29 is 14.6 Å². The van der Waals surface area contributed by atoms with Crippen LogP contribution in [-0.2, 0) is 4.74 Å². The third kappa shape index (κ3) is 3.01. The number of hydrogen-bond donors (Lipinski definition) is 1. The first kappa shape index (κ1) is 13.3. The number of benzene rings is 2. The van der Waals surface area contributed by atoms with Crippen molar-refractivity contribution in [1.29, 1.82) is 0 Å². The zero-order chi connectivity index (χ0) is 13.8. The van der Waals surface area contributed by atoms with Crippen molar-refractivity contribution in [3.05, 3.63) is 59.7 Å². The van der Waals surface area contributed by atoms with Gasteiger partial charge in [0.1, 0.15) is 0 Å². The minimum Gasteiger partial charge on any atom is -0.478 e. The molecule has 0 bridgehead atoms. The molecule has 1 atom stereocenters. The molecule has 0 saturated carbocycles. The molecule has 2 aromatic carbocycles. The predicted molar refractivity (Wildman–Crippen MR) is 74.3 cm³/mol. The lowest BCUT2D eigenvalue weighted by Gasteiger charge is -2.10. The monoisotopic (exact) mass is 256 g/mol. The molecule has 98 valence electrons. The van der Waals surface area contributed by atoms with E-state index in [-0.39, 0.29) is 6.10 Å². The number of carboxylic acid groups (broad SMARTS) is 1. The Labute approximate surface area is 112 Å². The van der Waals surface area contributed by atoms with Gasteiger partial charge < -0.3 is 9.84 Å². The summed E-state index contributed by atoms with van der Waals surface area (Å²) in [5, 5.41) is 8.86. The maximum atomic E-state index is 10.8. The van der Waals surface area contributed by atoms with Crippen molar-refractivity contribution >= 4 is 5.97 Å². The zero-order valence-electron chi connectivity index (χ0n) is 11.0. The van der Waals surface area contributed by atoms with E-state index in [4.69, 9.17) is 9.84 Å². The van der Waals surface area contributed by atoms with Gasteiger partial charge in [-0.15, -0.1) is 0 Å². The fraction of sp³-hybridized carbons (Fsp3) is 0.188. The number of carbonyl (C=O) groups is 1. The predicted octanol–water partition coefficient (Wildman–Crippen LogP) is 3.76. The first-order valence-electron chi connectivity index (χ1n) is 6.08.